The van der Waals surface area contributed by atoms with Gasteiger partial charge in [0, 0.05) is 12.8 Å². The van der Waals surface area contributed by atoms with E-state index in [1.165, 1.54) is 78.0 Å². The third kappa shape index (κ3) is 3.50. The van der Waals surface area contributed by atoms with Crippen molar-refractivity contribution in [3.8, 4) is 0 Å². The molecular weight excluding hydrogens is 401 g/mol. The first-order valence-corrected chi connectivity index (χ1v) is 9.22. The van der Waals surface area contributed by atoms with Gasteiger partial charge in [-0.3, -0.25) is 0 Å². The van der Waals surface area contributed by atoms with Gasteiger partial charge in [0.05, 0.1) is 50.0 Å². The molecule has 0 aromatic carbocycles. The maximum Gasteiger partial charge on any atom is 0.134 e. The van der Waals surface area contributed by atoms with Gasteiger partial charge < -0.3 is 28.5 Å². The molecule has 0 aliphatic carbocycles. The number of rotatable bonds is 5. The molecule has 1 aromatic rings. The summed E-state index contributed by atoms with van der Waals surface area (Å²) in [5.41, 5.74) is 1.33. The number of nitrogens with zero attached hydrogens (tertiary/aromatic N) is 3. The quantitative estimate of drug-likeness (QED) is 0.296. The van der Waals surface area contributed by atoms with E-state index in [2.05, 4.69) is 22.7 Å². The first kappa shape index (κ1) is 17.0. The molecule has 0 spiro atoms. The van der Waals surface area contributed by atoms with Crippen LogP contribution in [0.4, 0.5) is 0 Å². The topological polar surface area (TPSA) is 25.8 Å². The Kier molecular flexibility index (Phi) is 6.14. The van der Waals surface area contributed by atoms with Crippen LogP contribution in [-0.4, -0.2) is 45.7 Å². The number of fused-ring (bicyclic) bond motifs is 3. The summed E-state index contributed by atoms with van der Waals surface area (Å²) in [5.74, 6) is 2.74. The van der Waals surface area contributed by atoms with Crippen molar-refractivity contribution >= 4 is 23.5 Å². The minimum absolute atomic E-state index is 0. The lowest BCUT2D eigenvalue weighted by Gasteiger charge is -2.50. The standard InChI is InChI=1S/C14H24N3S2.HI/c1-3-4-9-18-14-13(15-19-16-14)12-10-17(2)7-5-11(12)6-8-17;/h11-12H,3-10H2,1-2H3;1H/q+1;/p-1. The van der Waals surface area contributed by atoms with Crippen LogP contribution in [0.15, 0.2) is 5.03 Å². The number of quaternary nitrogens is 1. The second-order valence-electron chi connectivity index (χ2n) is 6.35. The van der Waals surface area contributed by atoms with Crippen molar-refractivity contribution in [3.05, 3.63) is 5.69 Å². The average molecular weight is 425 g/mol. The molecule has 4 rings (SSSR count). The Morgan fingerprint density at radius 1 is 1.30 bits per heavy atom. The van der Waals surface area contributed by atoms with Crippen LogP contribution in [0.3, 0.4) is 0 Å². The van der Waals surface area contributed by atoms with Gasteiger partial charge in [0.1, 0.15) is 5.03 Å². The lowest BCUT2D eigenvalue weighted by Crippen LogP contribution is -3.00. The van der Waals surface area contributed by atoms with E-state index in [9.17, 15) is 0 Å². The van der Waals surface area contributed by atoms with Gasteiger partial charge in [0.15, 0.2) is 0 Å². The van der Waals surface area contributed by atoms with Crippen LogP contribution in [0.2, 0.25) is 0 Å². The van der Waals surface area contributed by atoms with Gasteiger partial charge in [0.2, 0.25) is 0 Å². The number of thioether (sulfide) groups is 1. The lowest BCUT2D eigenvalue weighted by molar-refractivity contribution is -0.926. The zero-order valence-electron chi connectivity index (χ0n) is 12.3. The van der Waals surface area contributed by atoms with Crippen LogP contribution in [0.5, 0.6) is 0 Å². The van der Waals surface area contributed by atoms with E-state index in [1.807, 2.05) is 11.8 Å². The van der Waals surface area contributed by atoms with Crippen LogP contribution < -0.4 is 24.0 Å². The van der Waals surface area contributed by atoms with Crippen molar-refractivity contribution in [2.24, 2.45) is 5.92 Å². The van der Waals surface area contributed by atoms with E-state index in [-0.39, 0.29) is 24.0 Å². The summed E-state index contributed by atoms with van der Waals surface area (Å²) in [7, 11) is 2.42. The smallest absolute Gasteiger partial charge is 0.134 e. The number of likely N-dealkylation sites (N-methyl/N-ethyl adjacent to an activating group) is 1. The molecule has 114 valence electrons. The first-order chi connectivity index (χ1) is 9.22. The lowest BCUT2D eigenvalue weighted by atomic mass is 9.76. The fraction of sp³-hybridized carbons (Fsp3) is 0.857. The molecule has 0 saturated carbocycles. The van der Waals surface area contributed by atoms with Crippen LogP contribution >= 0.6 is 23.5 Å². The predicted octanol–water partition coefficient (Wildman–Crippen LogP) is 0.388. The van der Waals surface area contributed by atoms with Crippen molar-refractivity contribution < 1.29 is 28.5 Å². The Morgan fingerprint density at radius 3 is 2.70 bits per heavy atom. The van der Waals surface area contributed by atoms with Gasteiger partial charge in [-0.25, -0.2) is 0 Å². The molecule has 1 unspecified atom stereocenters. The van der Waals surface area contributed by atoms with E-state index in [1.54, 1.807) is 0 Å². The number of hydrogen-bond acceptors (Lipinski definition) is 4. The van der Waals surface area contributed by atoms with Crippen molar-refractivity contribution in [3.63, 3.8) is 0 Å². The highest BCUT2D eigenvalue weighted by atomic mass is 127. The van der Waals surface area contributed by atoms with Crippen LogP contribution in [0.25, 0.3) is 0 Å². The summed E-state index contributed by atoms with van der Waals surface area (Å²) < 4.78 is 10.5. The second kappa shape index (κ2) is 7.24. The number of piperidine rings is 3. The largest absolute Gasteiger partial charge is 1.00 e. The molecule has 3 nitrogen and oxygen atoms in total. The molecular formula is C14H24IN3S2. The van der Waals surface area contributed by atoms with Crippen LogP contribution in [-0.2, 0) is 0 Å². The maximum absolute atomic E-state index is 4.67. The summed E-state index contributed by atoms with van der Waals surface area (Å²) in [5, 5.41) is 1.24. The van der Waals surface area contributed by atoms with Crippen molar-refractivity contribution in [1.82, 2.24) is 8.75 Å². The Labute approximate surface area is 147 Å². The molecule has 4 heterocycles. The Bertz CT molecular complexity index is 430. The van der Waals surface area contributed by atoms with Gasteiger partial charge in [-0.15, -0.1) is 11.8 Å². The Hall–Kier alpha value is 0.600. The fourth-order valence-electron chi connectivity index (χ4n) is 3.56. The molecule has 1 atom stereocenters. The minimum Gasteiger partial charge on any atom is -1.00 e. The molecule has 3 aliphatic rings. The van der Waals surface area contributed by atoms with E-state index in [0.717, 1.165) is 5.92 Å². The number of unbranched alkanes of at least 4 members (excludes halogenated alkanes) is 1. The summed E-state index contributed by atoms with van der Waals surface area (Å²) in [4.78, 5) is 0. The van der Waals surface area contributed by atoms with E-state index in [4.69, 9.17) is 0 Å². The Balaban J connectivity index is 0.00000147. The summed E-state index contributed by atoms with van der Waals surface area (Å²) in [6, 6.07) is 0. The predicted molar refractivity (Wildman–Crippen MR) is 81.8 cm³/mol. The van der Waals surface area contributed by atoms with Crippen molar-refractivity contribution in [2.75, 3.05) is 32.4 Å². The molecule has 6 heteroatoms. The van der Waals surface area contributed by atoms with E-state index in [0.29, 0.717) is 5.92 Å². The maximum atomic E-state index is 4.67. The van der Waals surface area contributed by atoms with Gasteiger partial charge >= 0.3 is 0 Å². The Morgan fingerprint density at radius 2 is 2.05 bits per heavy atom. The number of aromatic nitrogens is 2. The molecule has 0 N–H and O–H groups in total. The molecule has 2 bridgehead atoms. The summed E-state index contributed by atoms with van der Waals surface area (Å²) >= 11 is 3.34. The molecule has 3 saturated heterocycles. The van der Waals surface area contributed by atoms with Crippen LogP contribution in [0, 0.1) is 5.92 Å². The van der Waals surface area contributed by atoms with Gasteiger partial charge in [0.25, 0.3) is 0 Å². The van der Waals surface area contributed by atoms with Crippen LogP contribution in [0.1, 0.15) is 44.2 Å². The minimum atomic E-state index is 0. The van der Waals surface area contributed by atoms with Crippen molar-refractivity contribution in [1.29, 1.82) is 0 Å². The highest BCUT2D eigenvalue weighted by Crippen LogP contribution is 2.44. The van der Waals surface area contributed by atoms with E-state index >= 15 is 0 Å². The third-order valence-corrected chi connectivity index (χ3v) is 6.58. The zero-order chi connectivity index (χ0) is 13.3. The number of hydrogen-bond donors (Lipinski definition) is 0. The molecule has 20 heavy (non-hydrogen) atoms. The molecule has 0 radical (unpaired) electrons. The van der Waals surface area contributed by atoms with Crippen molar-refractivity contribution in [2.45, 2.75) is 43.6 Å². The van der Waals surface area contributed by atoms with E-state index < -0.39 is 0 Å². The normalized spacial score (nSPS) is 32.1. The fourth-order valence-corrected chi connectivity index (χ4v) is 5.42. The SMILES string of the molecule is CCCCSc1nsnc1C1C[N+]2(C)CCC1CC2.[I-]. The molecule has 3 fully saturated rings. The van der Waals surface area contributed by atoms with Gasteiger partial charge in [-0.1, -0.05) is 13.3 Å². The number of halogens is 1. The van der Waals surface area contributed by atoms with Gasteiger partial charge in [-0.2, -0.15) is 8.75 Å². The molecule has 3 aliphatic heterocycles. The third-order valence-electron chi connectivity index (χ3n) is 4.86. The molecule has 0 amide bonds. The summed E-state index contributed by atoms with van der Waals surface area (Å²) in [6.07, 6.45) is 5.32. The highest BCUT2D eigenvalue weighted by molar-refractivity contribution is 7.99. The first-order valence-electron chi connectivity index (χ1n) is 7.50. The average Bonchev–Trinajstić information content (AvgIpc) is 2.87. The highest BCUT2D eigenvalue weighted by Gasteiger charge is 2.45. The molecule has 1 aromatic heterocycles. The second-order valence-corrected chi connectivity index (χ2v) is 7.96. The summed E-state index contributed by atoms with van der Waals surface area (Å²) in [6.45, 7) is 6.28. The zero-order valence-corrected chi connectivity index (χ0v) is 16.1. The van der Waals surface area contributed by atoms with Gasteiger partial charge in [-0.05, 0) is 18.1 Å². The monoisotopic (exact) mass is 425 g/mol.